The third kappa shape index (κ3) is 5.11. The highest BCUT2D eigenvalue weighted by atomic mass is 79.9. The van der Waals surface area contributed by atoms with E-state index in [9.17, 15) is 9.59 Å². The van der Waals surface area contributed by atoms with E-state index in [1.165, 1.54) is 4.90 Å². The van der Waals surface area contributed by atoms with Crippen LogP contribution in [0.2, 0.25) is 5.02 Å². The van der Waals surface area contributed by atoms with E-state index >= 15 is 0 Å². The minimum atomic E-state index is -0.714. The lowest BCUT2D eigenvalue weighted by Crippen LogP contribution is -2.37. The zero-order valence-corrected chi connectivity index (χ0v) is 13.6. The predicted octanol–water partition coefficient (Wildman–Crippen LogP) is 2.54. The van der Waals surface area contributed by atoms with Crippen molar-refractivity contribution in [3.05, 3.63) is 27.7 Å². The van der Waals surface area contributed by atoms with Gasteiger partial charge < -0.3 is 15.0 Å². The van der Waals surface area contributed by atoms with Crippen molar-refractivity contribution in [3.8, 4) is 0 Å². The van der Waals surface area contributed by atoms with Gasteiger partial charge in [0.2, 0.25) is 0 Å². The molecule has 5 nitrogen and oxygen atoms in total. The quantitative estimate of drug-likeness (QED) is 0.646. The first kappa shape index (κ1) is 16.9. The molecule has 0 aromatic heterocycles. The Kier molecular flexibility index (Phi) is 6.98. The van der Waals surface area contributed by atoms with E-state index < -0.39 is 11.8 Å². The lowest BCUT2D eigenvalue weighted by Gasteiger charge is -2.16. The van der Waals surface area contributed by atoms with E-state index in [0.29, 0.717) is 30.3 Å². The Morgan fingerprint density at radius 1 is 1.45 bits per heavy atom. The van der Waals surface area contributed by atoms with Gasteiger partial charge in [-0.05, 0) is 24.6 Å². The van der Waals surface area contributed by atoms with Crippen molar-refractivity contribution in [1.29, 1.82) is 0 Å². The number of halogens is 2. The highest BCUT2D eigenvalue weighted by molar-refractivity contribution is 9.10. The Morgan fingerprint density at radius 3 is 2.75 bits per heavy atom. The van der Waals surface area contributed by atoms with Crippen LogP contribution in [0.15, 0.2) is 22.7 Å². The number of amides is 2. The van der Waals surface area contributed by atoms with E-state index in [1.807, 2.05) is 0 Å². The van der Waals surface area contributed by atoms with Crippen molar-refractivity contribution in [3.63, 3.8) is 0 Å². The van der Waals surface area contributed by atoms with Gasteiger partial charge in [-0.15, -0.1) is 0 Å². The molecule has 0 aliphatic carbocycles. The van der Waals surface area contributed by atoms with Crippen molar-refractivity contribution < 1.29 is 14.3 Å². The molecule has 0 saturated heterocycles. The van der Waals surface area contributed by atoms with E-state index in [2.05, 4.69) is 21.2 Å². The molecule has 20 heavy (non-hydrogen) atoms. The van der Waals surface area contributed by atoms with Gasteiger partial charge in [-0.2, -0.15) is 0 Å². The molecule has 1 N–H and O–H groups in total. The zero-order valence-electron chi connectivity index (χ0n) is 11.3. The second kappa shape index (κ2) is 8.24. The number of ether oxygens (including phenoxy) is 1. The van der Waals surface area contributed by atoms with Crippen LogP contribution >= 0.6 is 27.5 Å². The molecule has 110 valence electrons. The summed E-state index contributed by atoms with van der Waals surface area (Å²) in [4.78, 5) is 25.0. The van der Waals surface area contributed by atoms with Crippen LogP contribution < -0.4 is 5.32 Å². The molecule has 0 bridgehead atoms. The van der Waals surface area contributed by atoms with Crippen molar-refractivity contribution in [1.82, 2.24) is 4.90 Å². The summed E-state index contributed by atoms with van der Waals surface area (Å²) in [5, 5.41) is 2.86. The van der Waals surface area contributed by atoms with Crippen LogP contribution in [0.5, 0.6) is 0 Å². The van der Waals surface area contributed by atoms with Crippen molar-refractivity contribution >= 4 is 45.0 Å². The van der Waals surface area contributed by atoms with Gasteiger partial charge in [0.25, 0.3) is 0 Å². The average molecular weight is 364 g/mol. The second-order valence-electron chi connectivity index (χ2n) is 4.15. The third-order valence-corrected chi connectivity index (χ3v) is 3.37. The zero-order chi connectivity index (χ0) is 15.1. The number of hydrogen-bond donors (Lipinski definition) is 1. The standard InChI is InChI=1S/C13H16BrClN2O3/c1-17(6-3-7-20-2)13(19)12(18)16-11-5-4-9(14)8-10(11)15/h4-5,8H,3,6-7H2,1-2H3,(H,16,18). The lowest BCUT2D eigenvalue weighted by atomic mass is 10.3. The maximum Gasteiger partial charge on any atom is 0.313 e. The molecule has 2 amide bonds. The van der Waals surface area contributed by atoms with E-state index in [-0.39, 0.29) is 0 Å². The van der Waals surface area contributed by atoms with Gasteiger partial charge in [0.05, 0.1) is 10.7 Å². The Balaban J connectivity index is 2.59. The van der Waals surface area contributed by atoms with Gasteiger partial charge >= 0.3 is 11.8 Å². The minimum absolute atomic E-state index is 0.363. The van der Waals surface area contributed by atoms with Gasteiger partial charge in [0.15, 0.2) is 0 Å². The molecule has 1 aromatic rings. The number of carbonyl (C=O) groups is 2. The molecule has 0 radical (unpaired) electrons. The molecule has 0 aliphatic rings. The average Bonchev–Trinajstić information content (AvgIpc) is 2.41. The molecule has 7 heteroatoms. The Morgan fingerprint density at radius 2 is 2.15 bits per heavy atom. The summed E-state index contributed by atoms with van der Waals surface area (Å²) in [5.74, 6) is -1.32. The van der Waals surface area contributed by atoms with Crippen LogP contribution in [0.1, 0.15) is 6.42 Å². The number of anilines is 1. The fourth-order valence-corrected chi connectivity index (χ4v) is 2.21. The number of likely N-dealkylation sites (N-methyl/N-ethyl adjacent to an activating group) is 1. The first-order chi connectivity index (χ1) is 9.45. The number of nitrogens with one attached hydrogen (secondary N) is 1. The fraction of sp³-hybridized carbons (Fsp3) is 0.385. The van der Waals surface area contributed by atoms with Crippen LogP contribution in [-0.4, -0.2) is 44.0 Å². The molecule has 1 aromatic carbocycles. The molecule has 0 fully saturated rings. The molecule has 0 atom stereocenters. The van der Waals surface area contributed by atoms with E-state index in [4.69, 9.17) is 16.3 Å². The van der Waals surface area contributed by atoms with Crippen molar-refractivity contribution in [2.75, 3.05) is 32.6 Å². The third-order valence-electron chi connectivity index (χ3n) is 2.56. The molecular formula is C13H16BrClN2O3. The molecular weight excluding hydrogens is 348 g/mol. The highest BCUT2D eigenvalue weighted by Gasteiger charge is 2.19. The number of nitrogens with zero attached hydrogens (tertiary/aromatic N) is 1. The van der Waals surface area contributed by atoms with Crippen molar-refractivity contribution in [2.24, 2.45) is 0 Å². The van der Waals surface area contributed by atoms with Crippen LogP contribution in [0.4, 0.5) is 5.69 Å². The Hall–Kier alpha value is -1.11. The monoisotopic (exact) mass is 362 g/mol. The summed E-state index contributed by atoms with van der Waals surface area (Å²) < 4.78 is 5.69. The first-order valence-corrected chi connectivity index (χ1v) is 7.13. The number of carbonyl (C=O) groups excluding carboxylic acids is 2. The molecule has 0 aliphatic heterocycles. The van der Waals surface area contributed by atoms with Gasteiger partial charge in [-0.3, -0.25) is 9.59 Å². The fourth-order valence-electron chi connectivity index (χ4n) is 1.49. The number of hydrogen-bond acceptors (Lipinski definition) is 3. The topological polar surface area (TPSA) is 58.6 Å². The smallest absolute Gasteiger partial charge is 0.313 e. The highest BCUT2D eigenvalue weighted by Crippen LogP contribution is 2.25. The summed E-state index contributed by atoms with van der Waals surface area (Å²) in [6.45, 7) is 0.992. The molecule has 1 rings (SSSR count). The normalized spacial score (nSPS) is 10.2. The Labute approximate surface area is 131 Å². The lowest BCUT2D eigenvalue weighted by molar-refractivity contribution is -0.142. The number of rotatable bonds is 5. The summed E-state index contributed by atoms with van der Waals surface area (Å²) in [5.41, 5.74) is 0.401. The van der Waals surface area contributed by atoms with Crippen LogP contribution in [0, 0.1) is 0 Å². The van der Waals surface area contributed by atoms with E-state index in [0.717, 1.165) is 4.47 Å². The minimum Gasteiger partial charge on any atom is -0.385 e. The number of benzene rings is 1. The van der Waals surface area contributed by atoms with Gasteiger partial charge in [-0.1, -0.05) is 27.5 Å². The summed E-state index contributed by atoms with van der Waals surface area (Å²) in [6, 6.07) is 5.00. The first-order valence-electron chi connectivity index (χ1n) is 5.96. The second-order valence-corrected chi connectivity index (χ2v) is 5.47. The SMILES string of the molecule is COCCCN(C)C(=O)C(=O)Nc1ccc(Br)cc1Cl. The van der Waals surface area contributed by atoms with Gasteiger partial charge in [0.1, 0.15) is 0 Å². The summed E-state index contributed by atoms with van der Waals surface area (Å²) in [7, 11) is 3.16. The number of methoxy groups -OCH3 is 1. The van der Waals surface area contributed by atoms with Gasteiger partial charge in [0, 0.05) is 31.8 Å². The molecule has 0 spiro atoms. The van der Waals surface area contributed by atoms with Crippen LogP contribution in [0.25, 0.3) is 0 Å². The maximum atomic E-state index is 11.8. The van der Waals surface area contributed by atoms with Crippen molar-refractivity contribution in [2.45, 2.75) is 6.42 Å². The van der Waals surface area contributed by atoms with Gasteiger partial charge in [-0.25, -0.2) is 0 Å². The predicted molar refractivity (Wildman–Crippen MR) is 81.9 cm³/mol. The summed E-state index contributed by atoms with van der Waals surface area (Å²) in [6.07, 6.45) is 0.672. The van der Waals surface area contributed by atoms with E-state index in [1.54, 1.807) is 32.4 Å². The Bertz CT molecular complexity index is 497. The largest absolute Gasteiger partial charge is 0.385 e. The van der Waals surface area contributed by atoms with Crippen LogP contribution in [0.3, 0.4) is 0 Å². The molecule has 0 heterocycles. The molecule has 0 saturated carbocycles. The summed E-state index contributed by atoms with van der Waals surface area (Å²) >= 11 is 9.24. The maximum absolute atomic E-state index is 11.8. The molecule has 0 unspecified atom stereocenters. The van der Waals surface area contributed by atoms with Crippen LogP contribution in [-0.2, 0) is 14.3 Å².